The van der Waals surface area contributed by atoms with Crippen molar-refractivity contribution in [2.75, 3.05) is 5.01 Å². The Balaban J connectivity index is 1.41. The lowest BCUT2D eigenvalue weighted by Gasteiger charge is -2.21. The third-order valence-electron chi connectivity index (χ3n) is 5.16. The Kier molecular flexibility index (Phi) is 7.30. The van der Waals surface area contributed by atoms with Gasteiger partial charge < -0.3 is 4.74 Å². The first kappa shape index (κ1) is 24.9. The van der Waals surface area contributed by atoms with Gasteiger partial charge in [0.2, 0.25) is 0 Å². The van der Waals surface area contributed by atoms with E-state index >= 15 is 0 Å². The van der Waals surface area contributed by atoms with Crippen LogP contribution in [0.25, 0.3) is 17.1 Å². The molecule has 184 valence electrons. The number of rotatable bonds is 8. The van der Waals surface area contributed by atoms with Gasteiger partial charge in [0.25, 0.3) is 0 Å². The van der Waals surface area contributed by atoms with Crippen molar-refractivity contribution in [2.45, 2.75) is 20.2 Å². The summed E-state index contributed by atoms with van der Waals surface area (Å²) in [5.41, 5.74) is 9.69. The number of hydrogen-bond acceptors (Lipinski definition) is 6. The lowest BCUT2D eigenvalue weighted by Crippen LogP contribution is -2.33. The molecular formula is C25H21F3N6OS. The minimum Gasteiger partial charge on any atom is -0.406 e. The molecule has 4 aromatic rings. The van der Waals surface area contributed by atoms with Crippen LogP contribution in [-0.4, -0.2) is 32.8 Å². The molecule has 0 atom stereocenters. The second-order valence-electron chi connectivity index (χ2n) is 7.75. The van der Waals surface area contributed by atoms with Crippen molar-refractivity contribution >= 4 is 29.6 Å². The highest BCUT2D eigenvalue weighted by Gasteiger charge is 2.31. The first-order valence-electron chi connectivity index (χ1n) is 10.7. The lowest BCUT2D eigenvalue weighted by molar-refractivity contribution is -0.274. The molecule has 0 saturated carbocycles. The summed E-state index contributed by atoms with van der Waals surface area (Å²) in [6.45, 7) is 4.01. The first-order valence-corrected chi connectivity index (χ1v) is 11.2. The van der Waals surface area contributed by atoms with Crippen LogP contribution in [0.3, 0.4) is 0 Å². The Morgan fingerprint density at radius 1 is 1.00 bits per heavy atom. The van der Waals surface area contributed by atoms with Crippen molar-refractivity contribution in [3.8, 4) is 22.8 Å². The Hall–Kier alpha value is -4.25. The zero-order chi connectivity index (χ0) is 25.7. The first-order chi connectivity index (χ1) is 17.2. The summed E-state index contributed by atoms with van der Waals surface area (Å²) in [5, 5.41) is 10.4. The largest absolute Gasteiger partial charge is 0.573 e. The van der Waals surface area contributed by atoms with Crippen LogP contribution in [0.2, 0.25) is 0 Å². The number of hydrogen-bond donors (Lipinski definition) is 1. The Morgan fingerprint density at radius 2 is 1.67 bits per heavy atom. The normalized spacial score (nSPS) is 11.5. The van der Waals surface area contributed by atoms with Gasteiger partial charge in [-0.05, 0) is 54.8 Å². The summed E-state index contributed by atoms with van der Waals surface area (Å²) < 4.78 is 42.4. The van der Waals surface area contributed by atoms with E-state index in [2.05, 4.69) is 25.5 Å². The van der Waals surface area contributed by atoms with Gasteiger partial charge in [0, 0.05) is 5.56 Å². The third-order valence-corrected chi connectivity index (χ3v) is 5.37. The fraction of sp³-hybridized carbons (Fsp3) is 0.120. The Labute approximate surface area is 210 Å². The molecule has 0 bridgehead atoms. The maximum atomic E-state index is 12.3. The van der Waals surface area contributed by atoms with Crippen molar-refractivity contribution in [3.05, 3.63) is 89.7 Å². The summed E-state index contributed by atoms with van der Waals surface area (Å²) in [5.74, 6) is 0.162. The number of thiocarbonyl (C=S) groups is 1. The molecule has 36 heavy (non-hydrogen) atoms. The zero-order valence-corrected chi connectivity index (χ0v) is 20.1. The quantitative estimate of drug-likeness (QED) is 0.185. The predicted molar refractivity (Wildman–Crippen MR) is 136 cm³/mol. The van der Waals surface area contributed by atoms with Crippen molar-refractivity contribution in [1.82, 2.24) is 20.3 Å². The van der Waals surface area contributed by atoms with Gasteiger partial charge in [-0.15, -0.1) is 18.3 Å². The molecule has 0 aliphatic rings. The number of nitrogens with one attached hydrogen (secondary N) is 1. The number of nitrogens with zero attached hydrogens (tertiary/aromatic N) is 5. The van der Waals surface area contributed by atoms with E-state index in [9.17, 15) is 13.2 Å². The SMILES string of the molecule is Cc1cccc(C)c1N(C=S)N/N=C/c1ccc(-c2ncn(-c3ccc(OC(F)(F)F)cc3)n2)cc1. The van der Waals surface area contributed by atoms with E-state index < -0.39 is 6.36 Å². The van der Waals surface area contributed by atoms with Gasteiger partial charge in [-0.2, -0.15) is 5.10 Å². The minimum absolute atomic E-state index is 0.305. The van der Waals surface area contributed by atoms with Gasteiger partial charge in [-0.1, -0.05) is 54.7 Å². The molecule has 11 heteroatoms. The smallest absolute Gasteiger partial charge is 0.406 e. The van der Waals surface area contributed by atoms with Gasteiger partial charge in [0.15, 0.2) is 5.82 Å². The van der Waals surface area contributed by atoms with Crippen LogP contribution in [0.5, 0.6) is 5.75 Å². The minimum atomic E-state index is -4.74. The molecule has 3 aromatic carbocycles. The molecule has 0 radical (unpaired) electrons. The molecule has 0 fully saturated rings. The number of aromatic nitrogens is 3. The van der Waals surface area contributed by atoms with Crippen LogP contribution in [0.15, 0.2) is 78.2 Å². The van der Waals surface area contributed by atoms with Gasteiger partial charge in [0.1, 0.15) is 12.1 Å². The number of benzene rings is 3. The van der Waals surface area contributed by atoms with Crippen LogP contribution in [0.1, 0.15) is 16.7 Å². The van der Waals surface area contributed by atoms with E-state index in [4.69, 9.17) is 12.2 Å². The number of halogens is 3. The number of para-hydroxylation sites is 1. The second-order valence-corrected chi connectivity index (χ2v) is 7.96. The standard InChI is InChI=1S/C25H21F3N6OS/c1-17-4-3-5-18(2)23(17)34(16-36)32-30-14-19-6-8-20(9-7-19)24-29-15-33(31-24)21-10-12-22(13-11-21)35-25(26,27)28/h3-16,32H,1-2H3/b30-14+. The van der Waals surface area contributed by atoms with E-state index in [1.54, 1.807) is 11.2 Å². The highest BCUT2D eigenvalue weighted by atomic mass is 32.1. The van der Waals surface area contributed by atoms with Crippen molar-refractivity contribution in [2.24, 2.45) is 5.10 Å². The average molecular weight is 511 g/mol. The van der Waals surface area contributed by atoms with Gasteiger partial charge in [-0.3, -0.25) is 0 Å². The van der Waals surface area contributed by atoms with Gasteiger partial charge in [0.05, 0.1) is 23.1 Å². The van der Waals surface area contributed by atoms with E-state index in [1.165, 1.54) is 40.8 Å². The number of ether oxygens (including phenoxy) is 1. The van der Waals surface area contributed by atoms with Crippen molar-refractivity contribution in [1.29, 1.82) is 0 Å². The van der Waals surface area contributed by atoms with E-state index in [0.29, 0.717) is 11.5 Å². The van der Waals surface area contributed by atoms with Crippen LogP contribution in [-0.2, 0) is 0 Å². The van der Waals surface area contributed by atoms with Gasteiger partial charge >= 0.3 is 6.36 Å². The monoisotopic (exact) mass is 510 g/mol. The molecular weight excluding hydrogens is 489 g/mol. The number of alkyl halides is 3. The average Bonchev–Trinajstić information content (AvgIpc) is 3.33. The predicted octanol–water partition coefficient (Wildman–Crippen LogP) is 5.75. The molecule has 0 unspecified atom stereocenters. The zero-order valence-electron chi connectivity index (χ0n) is 19.3. The molecule has 0 aliphatic heterocycles. The maximum Gasteiger partial charge on any atom is 0.573 e. The number of anilines is 1. The highest BCUT2D eigenvalue weighted by molar-refractivity contribution is 7.79. The van der Waals surface area contributed by atoms with E-state index in [-0.39, 0.29) is 5.75 Å². The molecule has 1 aromatic heterocycles. The molecule has 1 N–H and O–H groups in total. The maximum absolute atomic E-state index is 12.3. The Morgan fingerprint density at radius 3 is 2.28 bits per heavy atom. The number of hydrazine groups is 1. The summed E-state index contributed by atoms with van der Waals surface area (Å²) in [6, 6.07) is 18.8. The van der Waals surface area contributed by atoms with E-state index in [0.717, 1.165) is 27.9 Å². The van der Waals surface area contributed by atoms with Crippen molar-refractivity contribution < 1.29 is 17.9 Å². The molecule has 7 nitrogen and oxygen atoms in total. The molecule has 0 aliphatic carbocycles. The highest BCUT2D eigenvalue weighted by Crippen LogP contribution is 2.24. The number of hydrazone groups is 1. The van der Waals surface area contributed by atoms with Crippen LogP contribution in [0.4, 0.5) is 18.9 Å². The lowest BCUT2D eigenvalue weighted by atomic mass is 10.1. The fourth-order valence-electron chi connectivity index (χ4n) is 3.52. The number of aryl methyl sites for hydroxylation is 2. The second kappa shape index (κ2) is 10.6. The third kappa shape index (κ3) is 6.05. The summed E-state index contributed by atoms with van der Waals surface area (Å²) in [4.78, 5) is 4.29. The van der Waals surface area contributed by atoms with Crippen molar-refractivity contribution in [3.63, 3.8) is 0 Å². The van der Waals surface area contributed by atoms with Crippen LogP contribution < -0.4 is 15.3 Å². The fourth-order valence-corrected chi connectivity index (χ4v) is 3.67. The molecule has 4 rings (SSSR count). The summed E-state index contributed by atoms with van der Waals surface area (Å²) in [7, 11) is 0. The van der Waals surface area contributed by atoms with Gasteiger partial charge in [-0.25, -0.2) is 20.2 Å². The molecule has 1 heterocycles. The molecule has 0 saturated heterocycles. The summed E-state index contributed by atoms with van der Waals surface area (Å²) in [6.07, 6.45) is -1.58. The molecule has 0 spiro atoms. The van der Waals surface area contributed by atoms with Crippen LogP contribution >= 0.6 is 12.2 Å². The topological polar surface area (TPSA) is 67.6 Å². The molecule has 0 amide bonds. The van der Waals surface area contributed by atoms with E-state index in [1.807, 2.05) is 56.3 Å². The Bertz CT molecular complexity index is 1350. The summed E-state index contributed by atoms with van der Waals surface area (Å²) >= 11 is 5.14. The van der Waals surface area contributed by atoms with Crippen LogP contribution in [0, 0.1) is 13.8 Å².